The average Bonchev–Trinajstić information content (AvgIpc) is 3.19. The normalized spacial score (nSPS) is 24.2. The SMILES string of the molecule is Cc1ccc(C(=O)N2CCN([C@H]3Cc4ccccc4[C@H]3O)CC2)o1. The second-order valence-electron chi connectivity index (χ2n) is 6.65. The molecule has 2 aromatic rings. The van der Waals surface area contributed by atoms with Crippen molar-refractivity contribution in [3.8, 4) is 0 Å². The second-order valence-corrected chi connectivity index (χ2v) is 6.65. The maximum atomic E-state index is 12.4. The molecule has 5 nitrogen and oxygen atoms in total. The van der Waals surface area contributed by atoms with E-state index in [4.69, 9.17) is 4.42 Å². The van der Waals surface area contributed by atoms with Gasteiger partial charge < -0.3 is 14.4 Å². The van der Waals surface area contributed by atoms with Gasteiger partial charge in [-0.2, -0.15) is 0 Å². The van der Waals surface area contributed by atoms with Gasteiger partial charge in [0.2, 0.25) is 0 Å². The van der Waals surface area contributed by atoms with Gasteiger partial charge in [-0.05, 0) is 36.6 Å². The molecule has 1 aromatic carbocycles. The molecule has 0 saturated carbocycles. The summed E-state index contributed by atoms with van der Waals surface area (Å²) < 4.78 is 5.44. The zero-order chi connectivity index (χ0) is 16.7. The highest BCUT2D eigenvalue weighted by Gasteiger charge is 2.36. The van der Waals surface area contributed by atoms with Crippen LogP contribution >= 0.6 is 0 Å². The molecule has 1 saturated heterocycles. The molecule has 0 spiro atoms. The summed E-state index contributed by atoms with van der Waals surface area (Å²) in [5.41, 5.74) is 2.28. The minimum atomic E-state index is -0.434. The number of aliphatic hydroxyl groups is 1. The smallest absolute Gasteiger partial charge is 0.289 e. The predicted molar refractivity (Wildman–Crippen MR) is 89.8 cm³/mol. The Morgan fingerprint density at radius 1 is 1.12 bits per heavy atom. The lowest BCUT2D eigenvalue weighted by molar-refractivity contribution is 0.0243. The summed E-state index contributed by atoms with van der Waals surface area (Å²) in [6.45, 7) is 4.73. The summed E-state index contributed by atoms with van der Waals surface area (Å²) in [6.07, 6.45) is 0.444. The molecule has 0 unspecified atom stereocenters. The van der Waals surface area contributed by atoms with E-state index < -0.39 is 6.10 Å². The van der Waals surface area contributed by atoms with E-state index >= 15 is 0 Å². The van der Waals surface area contributed by atoms with Gasteiger partial charge in [0.1, 0.15) is 5.76 Å². The first-order valence-corrected chi connectivity index (χ1v) is 8.49. The fourth-order valence-corrected chi connectivity index (χ4v) is 3.84. The molecule has 5 heteroatoms. The van der Waals surface area contributed by atoms with E-state index in [-0.39, 0.29) is 11.9 Å². The van der Waals surface area contributed by atoms with Crippen LogP contribution in [0, 0.1) is 6.92 Å². The van der Waals surface area contributed by atoms with Crippen LogP contribution in [-0.4, -0.2) is 53.0 Å². The zero-order valence-corrected chi connectivity index (χ0v) is 13.8. The molecule has 4 rings (SSSR count). The number of piperazine rings is 1. The fraction of sp³-hybridized carbons (Fsp3) is 0.421. The van der Waals surface area contributed by atoms with Crippen molar-refractivity contribution in [2.45, 2.75) is 25.5 Å². The van der Waals surface area contributed by atoms with E-state index in [9.17, 15) is 9.90 Å². The molecule has 2 aliphatic rings. The lowest BCUT2D eigenvalue weighted by Crippen LogP contribution is -2.52. The van der Waals surface area contributed by atoms with E-state index in [1.165, 1.54) is 5.56 Å². The first-order chi connectivity index (χ1) is 11.6. The Labute approximate surface area is 141 Å². The third-order valence-electron chi connectivity index (χ3n) is 5.19. The first-order valence-electron chi connectivity index (χ1n) is 8.49. The molecule has 24 heavy (non-hydrogen) atoms. The van der Waals surface area contributed by atoms with Gasteiger partial charge in [0, 0.05) is 32.2 Å². The predicted octanol–water partition coefficient (Wildman–Crippen LogP) is 2.00. The van der Waals surface area contributed by atoms with Crippen LogP contribution in [0.2, 0.25) is 0 Å². The number of hydrogen-bond donors (Lipinski definition) is 1. The fourth-order valence-electron chi connectivity index (χ4n) is 3.84. The quantitative estimate of drug-likeness (QED) is 0.917. The number of hydrogen-bond acceptors (Lipinski definition) is 4. The standard InChI is InChI=1S/C19H22N2O3/c1-13-6-7-17(24-13)19(23)21-10-8-20(9-11-21)16-12-14-4-2-3-5-15(14)18(16)22/h2-7,16,18,22H,8-12H2,1H3/t16-,18+/m0/s1. The van der Waals surface area contributed by atoms with Crippen LogP contribution in [0.3, 0.4) is 0 Å². The van der Waals surface area contributed by atoms with E-state index in [0.717, 1.165) is 30.8 Å². The lowest BCUT2D eigenvalue weighted by atomic mass is 10.1. The van der Waals surface area contributed by atoms with Crippen LogP contribution in [0.15, 0.2) is 40.8 Å². The Balaban J connectivity index is 1.39. The van der Waals surface area contributed by atoms with E-state index in [2.05, 4.69) is 11.0 Å². The number of carbonyl (C=O) groups excluding carboxylic acids is 1. The molecule has 2 heterocycles. The van der Waals surface area contributed by atoms with Gasteiger partial charge in [-0.3, -0.25) is 9.69 Å². The molecule has 0 bridgehead atoms. The molecule has 0 radical (unpaired) electrons. The van der Waals surface area contributed by atoms with Crippen molar-refractivity contribution in [1.82, 2.24) is 9.80 Å². The topological polar surface area (TPSA) is 56.9 Å². The molecule has 1 aliphatic carbocycles. The van der Waals surface area contributed by atoms with Crippen molar-refractivity contribution < 1.29 is 14.3 Å². The molecular formula is C19H22N2O3. The highest BCUT2D eigenvalue weighted by atomic mass is 16.3. The number of rotatable bonds is 2. The van der Waals surface area contributed by atoms with Crippen molar-refractivity contribution in [1.29, 1.82) is 0 Å². The summed E-state index contributed by atoms with van der Waals surface area (Å²) in [4.78, 5) is 16.6. The van der Waals surface area contributed by atoms with Crippen LogP contribution in [0.25, 0.3) is 0 Å². The molecule has 1 N–H and O–H groups in total. The van der Waals surface area contributed by atoms with Gasteiger partial charge in [-0.1, -0.05) is 24.3 Å². The Bertz CT molecular complexity index is 747. The maximum Gasteiger partial charge on any atom is 0.289 e. The van der Waals surface area contributed by atoms with Crippen molar-refractivity contribution in [2.75, 3.05) is 26.2 Å². The minimum absolute atomic E-state index is 0.0435. The van der Waals surface area contributed by atoms with Gasteiger partial charge in [0.25, 0.3) is 5.91 Å². The Morgan fingerprint density at radius 2 is 1.88 bits per heavy atom. The molecular weight excluding hydrogens is 304 g/mol. The zero-order valence-electron chi connectivity index (χ0n) is 13.8. The third kappa shape index (κ3) is 2.64. The summed E-state index contributed by atoms with van der Waals surface area (Å²) >= 11 is 0. The third-order valence-corrected chi connectivity index (χ3v) is 5.19. The highest BCUT2D eigenvalue weighted by Crippen LogP contribution is 2.34. The average molecular weight is 326 g/mol. The van der Waals surface area contributed by atoms with E-state index in [0.29, 0.717) is 18.8 Å². The van der Waals surface area contributed by atoms with Crippen molar-refractivity contribution in [2.24, 2.45) is 0 Å². The van der Waals surface area contributed by atoms with Gasteiger partial charge in [0.05, 0.1) is 6.10 Å². The van der Waals surface area contributed by atoms with Crippen molar-refractivity contribution >= 4 is 5.91 Å². The van der Waals surface area contributed by atoms with Crippen molar-refractivity contribution in [3.05, 3.63) is 59.0 Å². The Morgan fingerprint density at radius 3 is 2.54 bits per heavy atom. The number of carbonyl (C=O) groups is 1. The highest BCUT2D eigenvalue weighted by molar-refractivity contribution is 5.91. The van der Waals surface area contributed by atoms with Gasteiger partial charge in [-0.25, -0.2) is 0 Å². The summed E-state index contributed by atoms with van der Waals surface area (Å²) in [5, 5.41) is 10.6. The molecule has 1 aliphatic heterocycles. The lowest BCUT2D eigenvalue weighted by Gasteiger charge is -2.38. The number of nitrogens with zero attached hydrogens (tertiary/aromatic N) is 2. The van der Waals surface area contributed by atoms with Gasteiger partial charge in [-0.15, -0.1) is 0 Å². The molecule has 1 aromatic heterocycles. The monoisotopic (exact) mass is 326 g/mol. The van der Waals surface area contributed by atoms with E-state index in [1.807, 2.05) is 36.1 Å². The molecule has 1 fully saturated rings. The summed E-state index contributed by atoms with van der Waals surface area (Å²) in [7, 11) is 0. The number of amides is 1. The number of fused-ring (bicyclic) bond motifs is 1. The van der Waals surface area contributed by atoms with Crippen LogP contribution < -0.4 is 0 Å². The number of benzene rings is 1. The maximum absolute atomic E-state index is 12.4. The van der Waals surface area contributed by atoms with Crippen LogP contribution in [-0.2, 0) is 6.42 Å². The largest absolute Gasteiger partial charge is 0.456 e. The summed E-state index contributed by atoms with van der Waals surface area (Å²) in [5.74, 6) is 1.12. The number of furan rings is 1. The van der Waals surface area contributed by atoms with Crippen LogP contribution in [0.4, 0.5) is 0 Å². The second kappa shape index (κ2) is 6.07. The Kier molecular flexibility index (Phi) is 3.90. The van der Waals surface area contributed by atoms with Crippen molar-refractivity contribution in [3.63, 3.8) is 0 Å². The molecule has 126 valence electrons. The molecule has 2 atom stereocenters. The van der Waals surface area contributed by atoms with Gasteiger partial charge >= 0.3 is 0 Å². The minimum Gasteiger partial charge on any atom is -0.456 e. The van der Waals surface area contributed by atoms with Gasteiger partial charge in [0.15, 0.2) is 5.76 Å². The summed E-state index contributed by atoms with van der Waals surface area (Å²) in [6, 6.07) is 11.8. The first kappa shape index (κ1) is 15.4. The number of aryl methyl sites for hydroxylation is 1. The van der Waals surface area contributed by atoms with Crippen LogP contribution in [0.5, 0.6) is 0 Å². The number of aliphatic hydroxyl groups excluding tert-OH is 1. The van der Waals surface area contributed by atoms with Crippen LogP contribution in [0.1, 0.15) is 33.5 Å². The molecule has 1 amide bonds. The Hall–Kier alpha value is -2.11. The van der Waals surface area contributed by atoms with E-state index in [1.54, 1.807) is 6.07 Å².